The van der Waals surface area contributed by atoms with Gasteiger partial charge in [0.05, 0.1) is 11.6 Å². The van der Waals surface area contributed by atoms with Crippen molar-refractivity contribution in [3.05, 3.63) is 23.4 Å². The highest BCUT2D eigenvalue weighted by Crippen LogP contribution is 2.06. The average molecular weight is 181 g/mol. The van der Waals surface area contributed by atoms with E-state index in [1.165, 1.54) is 12.1 Å². The van der Waals surface area contributed by atoms with Gasteiger partial charge in [0.25, 0.3) is 0 Å². The topological polar surface area (TPSA) is 76.8 Å². The monoisotopic (exact) mass is 181 g/mol. The van der Waals surface area contributed by atoms with Crippen LogP contribution < -0.4 is 0 Å². The Labute approximate surface area is 72.2 Å². The molecule has 1 aromatic rings. The van der Waals surface area contributed by atoms with Crippen LogP contribution in [-0.2, 0) is 11.1 Å². The van der Waals surface area contributed by atoms with Crippen LogP contribution in [0.15, 0.2) is 17.2 Å². The Morgan fingerprint density at radius 3 is 2.83 bits per heavy atom. The Bertz CT molecular complexity index is 370. The number of pyridine rings is 1. The van der Waals surface area contributed by atoms with Gasteiger partial charge >= 0.3 is 0 Å². The summed E-state index contributed by atoms with van der Waals surface area (Å²) in [6.45, 7) is 1.64. The molecule has 12 heavy (non-hydrogen) atoms. The molecule has 0 amide bonds. The lowest BCUT2D eigenvalue weighted by atomic mass is 10.2. The minimum Gasteiger partial charge on any atom is -0.767 e. The van der Waals surface area contributed by atoms with E-state index < -0.39 is 11.1 Å². The predicted octanol–water partition coefficient (Wildman–Crippen LogP) is 0.500. The molecule has 0 saturated carbocycles. The summed E-state index contributed by atoms with van der Waals surface area (Å²) in [6.07, 6.45) is 0. The molecule has 0 spiro atoms. The summed E-state index contributed by atoms with van der Waals surface area (Å²) in [6, 6.07) is 4.61. The van der Waals surface area contributed by atoms with E-state index >= 15 is 0 Å². The molecule has 0 aliphatic rings. The van der Waals surface area contributed by atoms with Gasteiger partial charge in [-0.05, 0) is 30.1 Å². The largest absolute Gasteiger partial charge is 0.767 e. The van der Waals surface area contributed by atoms with Crippen LogP contribution >= 0.6 is 0 Å². The van der Waals surface area contributed by atoms with Gasteiger partial charge in [-0.2, -0.15) is 5.26 Å². The number of hydrogen-bond acceptors (Lipinski definition) is 4. The van der Waals surface area contributed by atoms with Gasteiger partial charge in [-0.3, -0.25) is 4.21 Å². The first-order valence-corrected chi connectivity index (χ1v) is 4.19. The van der Waals surface area contributed by atoms with Crippen molar-refractivity contribution in [2.45, 2.75) is 11.9 Å². The van der Waals surface area contributed by atoms with Crippen LogP contribution in [0.4, 0.5) is 0 Å². The van der Waals surface area contributed by atoms with Crippen molar-refractivity contribution >= 4 is 11.1 Å². The molecule has 1 aromatic heterocycles. The van der Waals surface area contributed by atoms with Crippen molar-refractivity contribution in [3.8, 4) is 6.07 Å². The fourth-order valence-corrected chi connectivity index (χ4v) is 1.23. The first-order valence-electron chi connectivity index (χ1n) is 3.11. The quantitative estimate of drug-likeness (QED) is 0.591. The van der Waals surface area contributed by atoms with Gasteiger partial charge in [-0.1, -0.05) is 0 Å². The molecule has 0 N–H and O–H groups in total. The molecule has 1 unspecified atom stereocenters. The maximum Gasteiger partial charge on any atom is 0.115 e. The molecule has 0 aromatic carbocycles. The average Bonchev–Trinajstić information content (AvgIpc) is 2.03. The third-order valence-corrected chi connectivity index (χ3v) is 1.78. The minimum absolute atomic E-state index is 0.0912. The van der Waals surface area contributed by atoms with E-state index in [0.29, 0.717) is 11.3 Å². The van der Waals surface area contributed by atoms with E-state index in [9.17, 15) is 8.76 Å². The van der Waals surface area contributed by atoms with E-state index in [1.54, 1.807) is 6.92 Å². The van der Waals surface area contributed by atoms with Crippen molar-refractivity contribution < 1.29 is 8.76 Å². The van der Waals surface area contributed by atoms with Crippen LogP contribution in [0.5, 0.6) is 0 Å². The number of nitrogens with zero attached hydrogens (tertiary/aromatic N) is 2. The molecule has 0 bridgehead atoms. The summed E-state index contributed by atoms with van der Waals surface area (Å²) in [5.74, 6) is 0. The van der Waals surface area contributed by atoms with Gasteiger partial charge in [-0.15, -0.1) is 0 Å². The molecular weight excluding hydrogens is 176 g/mol. The smallest absolute Gasteiger partial charge is 0.115 e. The molecular formula is C7H5N2O2S-. The molecule has 0 radical (unpaired) electrons. The summed E-state index contributed by atoms with van der Waals surface area (Å²) < 4.78 is 20.9. The summed E-state index contributed by atoms with van der Waals surface area (Å²) in [7, 11) is 0. The zero-order valence-corrected chi connectivity index (χ0v) is 7.09. The molecule has 62 valence electrons. The first kappa shape index (κ1) is 8.84. The molecule has 1 heterocycles. The highest BCUT2D eigenvalue weighted by molar-refractivity contribution is 7.79. The lowest BCUT2D eigenvalue weighted by Gasteiger charge is -2.04. The van der Waals surface area contributed by atoms with Crippen LogP contribution in [0.2, 0.25) is 0 Å². The zero-order chi connectivity index (χ0) is 9.14. The Balaban J connectivity index is 3.26. The second-order valence-electron chi connectivity index (χ2n) is 2.18. The molecule has 4 nitrogen and oxygen atoms in total. The Hall–Kier alpha value is -1.25. The van der Waals surface area contributed by atoms with Gasteiger partial charge in [0.1, 0.15) is 5.03 Å². The van der Waals surface area contributed by atoms with Crippen LogP contribution in [0, 0.1) is 18.3 Å². The third kappa shape index (κ3) is 1.87. The number of aromatic nitrogens is 1. The van der Waals surface area contributed by atoms with Gasteiger partial charge in [0.15, 0.2) is 0 Å². The van der Waals surface area contributed by atoms with Crippen LogP contribution in [-0.4, -0.2) is 13.7 Å². The highest BCUT2D eigenvalue weighted by atomic mass is 32.2. The lowest BCUT2D eigenvalue weighted by Crippen LogP contribution is -1.96. The first-order chi connectivity index (χ1) is 5.63. The van der Waals surface area contributed by atoms with E-state index in [0.717, 1.165) is 0 Å². The fourth-order valence-electron chi connectivity index (χ4n) is 0.788. The Morgan fingerprint density at radius 1 is 1.67 bits per heavy atom. The number of hydrogen-bond donors (Lipinski definition) is 0. The standard InChI is InChI=1S/C7H6N2O2S/c1-5-2-6(4-8)3-7(9-5)12(10)11/h2-3H,1H3,(H,10,11)/p-1. The number of rotatable bonds is 1. The van der Waals surface area contributed by atoms with Gasteiger partial charge in [0.2, 0.25) is 0 Å². The molecule has 0 aliphatic carbocycles. The molecule has 5 heteroatoms. The molecule has 0 fully saturated rings. The summed E-state index contributed by atoms with van der Waals surface area (Å²) >= 11 is -2.36. The van der Waals surface area contributed by atoms with Crippen molar-refractivity contribution in [1.29, 1.82) is 5.26 Å². The van der Waals surface area contributed by atoms with Crippen molar-refractivity contribution in [1.82, 2.24) is 4.98 Å². The normalized spacial score (nSPS) is 12.1. The zero-order valence-electron chi connectivity index (χ0n) is 6.27. The second-order valence-corrected chi connectivity index (χ2v) is 3.07. The Morgan fingerprint density at radius 2 is 2.33 bits per heavy atom. The SMILES string of the molecule is Cc1cc(C#N)cc(S(=O)[O-])n1. The van der Waals surface area contributed by atoms with Crippen LogP contribution in [0.3, 0.4) is 0 Å². The molecule has 0 aliphatic heterocycles. The fraction of sp³-hybridized carbons (Fsp3) is 0.143. The summed E-state index contributed by atoms with van der Waals surface area (Å²) in [5.41, 5.74) is 0.829. The Kier molecular flexibility index (Phi) is 2.53. The maximum atomic E-state index is 10.4. The van der Waals surface area contributed by atoms with E-state index in [-0.39, 0.29) is 5.03 Å². The molecule has 1 atom stereocenters. The van der Waals surface area contributed by atoms with Crippen molar-refractivity contribution in [3.63, 3.8) is 0 Å². The number of aryl methyl sites for hydroxylation is 1. The van der Waals surface area contributed by atoms with Crippen molar-refractivity contribution in [2.24, 2.45) is 0 Å². The van der Waals surface area contributed by atoms with E-state index in [1.807, 2.05) is 6.07 Å². The second kappa shape index (κ2) is 3.43. The number of nitriles is 1. The van der Waals surface area contributed by atoms with Crippen molar-refractivity contribution in [2.75, 3.05) is 0 Å². The van der Waals surface area contributed by atoms with Crippen LogP contribution in [0.1, 0.15) is 11.3 Å². The highest BCUT2D eigenvalue weighted by Gasteiger charge is 1.98. The maximum absolute atomic E-state index is 10.4. The molecule has 1 rings (SSSR count). The predicted molar refractivity (Wildman–Crippen MR) is 40.9 cm³/mol. The van der Waals surface area contributed by atoms with E-state index in [2.05, 4.69) is 4.98 Å². The molecule has 0 saturated heterocycles. The lowest BCUT2D eigenvalue weighted by molar-refractivity contribution is 0.533. The van der Waals surface area contributed by atoms with Gasteiger partial charge < -0.3 is 4.55 Å². The van der Waals surface area contributed by atoms with E-state index in [4.69, 9.17) is 5.26 Å². The minimum atomic E-state index is -2.36. The van der Waals surface area contributed by atoms with Gasteiger partial charge in [-0.25, -0.2) is 4.98 Å². The van der Waals surface area contributed by atoms with Crippen LogP contribution in [0.25, 0.3) is 0 Å². The summed E-state index contributed by atoms with van der Waals surface area (Å²) in [4.78, 5) is 3.72. The summed E-state index contributed by atoms with van der Waals surface area (Å²) in [5, 5.41) is 8.40. The third-order valence-electron chi connectivity index (χ3n) is 1.23. The van der Waals surface area contributed by atoms with Gasteiger partial charge in [0, 0.05) is 5.69 Å².